The fourth-order valence-corrected chi connectivity index (χ4v) is 16.8. The molecule has 15 atom stereocenters. The van der Waals surface area contributed by atoms with Gasteiger partial charge in [0.25, 0.3) is 11.7 Å². The number of piperidine rings is 1. The molecular formula is C93H141N11O23. The number of nitrogens with two attached hydrogens (primary N) is 1. The molecule has 1 aliphatic carbocycles. The number of benzene rings is 1. The van der Waals surface area contributed by atoms with Crippen molar-refractivity contribution in [2.45, 2.75) is 232 Å². The van der Waals surface area contributed by atoms with Crippen LogP contribution in [0, 0.1) is 35.5 Å². The van der Waals surface area contributed by atoms with Crippen molar-refractivity contribution in [2.24, 2.45) is 35.5 Å². The highest BCUT2D eigenvalue weighted by Gasteiger charge is 2.53. The lowest BCUT2D eigenvalue weighted by atomic mass is 9.78. The molecule has 2 bridgehead atoms. The van der Waals surface area contributed by atoms with E-state index in [1.807, 2.05) is 70.3 Å². The van der Waals surface area contributed by atoms with E-state index in [4.69, 9.17) is 77.1 Å². The third kappa shape index (κ3) is 32.4. The van der Waals surface area contributed by atoms with E-state index in [-0.39, 0.29) is 85.6 Å². The van der Waals surface area contributed by atoms with E-state index in [1.54, 1.807) is 68.6 Å². The molecule has 2 amide bonds. The number of aliphatic hydroxyl groups excluding tert-OH is 1. The van der Waals surface area contributed by atoms with Gasteiger partial charge in [-0.25, -0.2) is 24.1 Å². The molecule has 4 aromatic heterocycles. The van der Waals surface area contributed by atoms with Gasteiger partial charge in [0, 0.05) is 102 Å². The van der Waals surface area contributed by atoms with Gasteiger partial charge in [0.2, 0.25) is 11.7 Å². The van der Waals surface area contributed by atoms with Crippen LogP contribution in [0.1, 0.15) is 163 Å². The summed E-state index contributed by atoms with van der Waals surface area (Å²) >= 11 is 0. The van der Waals surface area contributed by atoms with Crippen molar-refractivity contribution in [1.29, 1.82) is 0 Å². The molecule has 5 aromatic rings. The number of nitrogens with zero attached hydrogens (tertiary/aromatic N) is 8. The SMILES string of the molecule is CO[C@H]1C[C@@H]2CC[C@@H](C)[C@@](O)(O2)C(=O)C(=O)N2CCCC[C@H]2C(=O)O[C@H]([C@H](C)C[C@@H]2CC[C@@H](OCCCCc3cn(CCOCCOCCOCCOCCOCCOCCOCCOCCC(=O)NCCCCn4nc(-c5cc6cc(O)ccc6[nH]5)c5c(N)ncnc54)nn3)[C@H](OC)C2)CC(=O)[C@H](C)/C=C(\C)[C@@H](O)[C@@H](OC)C(=O)[C@H](C)C[C@H](C)/C=C/C=CC=C1C. The van der Waals surface area contributed by atoms with E-state index in [9.17, 15) is 44.1 Å². The van der Waals surface area contributed by atoms with E-state index in [0.717, 1.165) is 72.8 Å². The number of aromatic nitrogens is 8. The molecule has 0 unspecified atom stereocenters. The number of carbonyl (C=O) groups excluding carboxylic acids is 6. The van der Waals surface area contributed by atoms with Crippen LogP contribution in [0.4, 0.5) is 5.82 Å². The highest BCUT2D eigenvalue weighted by Crippen LogP contribution is 2.40. The first-order valence-corrected chi connectivity index (χ1v) is 45.6. The van der Waals surface area contributed by atoms with Crippen LogP contribution in [0.15, 0.2) is 84.4 Å². The predicted octanol–water partition coefficient (Wildman–Crippen LogP) is 9.51. The minimum Gasteiger partial charge on any atom is -0.508 e. The number of aromatic amines is 1. The number of aliphatic hydroxyl groups is 2. The maximum Gasteiger partial charge on any atom is 0.329 e. The summed E-state index contributed by atoms with van der Waals surface area (Å²) in [6.45, 7) is 21.6. The largest absolute Gasteiger partial charge is 0.508 e. The van der Waals surface area contributed by atoms with E-state index >= 15 is 0 Å². The molecule has 2 saturated heterocycles. The zero-order chi connectivity index (χ0) is 91.0. The number of phenolic OH excluding ortho intramolecular Hbond substituents is 1. The van der Waals surface area contributed by atoms with Crippen LogP contribution in [0.2, 0.25) is 0 Å². The first-order valence-electron chi connectivity index (χ1n) is 45.6. The van der Waals surface area contributed by atoms with Crippen LogP contribution in [-0.4, -0.2) is 296 Å². The van der Waals surface area contributed by atoms with Crippen molar-refractivity contribution in [2.75, 3.05) is 152 Å². The van der Waals surface area contributed by atoms with Gasteiger partial charge in [0.15, 0.2) is 11.4 Å². The molecule has 3 aliphatic heterocycles. The number of amides is 2. The number of ether oxygens (including phenoxy) is 14. The molecule has 4 aliphatic rings. The number of Topliss-reactive ketones (excluding diaryl/α,β-unsaturated/α-hetero) is 3. The Kier molecular flexibility index (Phi) is 44.0. The monoisotopic (exact) mass is 1780 g/mol. The van der Waals surface area contributed by atoms with E-state index in [1.165, 1.54) is 18.3 Å². The Morgan fingerprint density at radius 2 is 1.41 bits per heavy atom. The Balaban J connectivity index is 0.586. The normalized spacial score (nSPS) is 25.9. The van der Waals surface area contributed by atoms with E-state index < -0.39 is 77.8 Å². The number of rotatable bonds is 45. The lowest BCUT2D eigenvalue weighted by Crippen LogP contribution is -2.61. The highest BCUT2D eigenvalue weighted by atomic mass is 16.6. The number of nitrogens with one attached hydrogen (secondary N) is 2. The maximum atomic E-state index is 14.8. The number of cyclic esters (lactones) is 1. The fraction of sp³-hybridized carbons (Fsp3) is 0.688. The average Bonchev–Trinajstić information content (AvgIpc) is 1.76. The number of H-pyrrole nitrogens is 1. The van der Waals surface area contributed by atoms with Gasteiger partial charge in [-0.3, -0.25) is 24.0 Å². The summed E-state index contributed by atoms with van der Waals surface area (Å²) < 4.78 is 85.4. The number of fused-ring (bicyclic) bond motifs is 5. The Labute approximate surface area is 746 Å². The molecule has 7 heterocycles. The van der Waals surface area contributed by atoms with Gasteiger partial charge < -0.3 is 103 Å². The van der Waals surface area contributed by atoms with Gasteiger partial charge in [-0.05, 0) is 163 Å². The van der Waals surface area contributed by atoms with Gasteiger partial charge in [-0.1, -0.05) is 76.3 Å². The zero-order valence-corrected chi connectivity index (χ0v) is 76.2. The number of anilines is 1. The van der Waals surface area contributed by atoms with Gasteiger partial charge in [0.1, 0.15) is 53.7 Å². The van der Waals surface area contributed by atoms with Crippen molar-refractivity contribution in [3.63, 3.8) is 0 Å². The van der Waals surface area contributed by atoms with Crippen molar-refractivity contribution >= 4 is 62.9 Å². The van der Waals surface area contributed by atoms with Crippen molar-refractivity contribution in [3.05, 3.63) is 90.1 Å². The number of carbonyl (C=O) groups is 6. The first-order chi connectivity index (χ1) is 61.4. The molecule has 9 rings (SSSR count). The number of unbranched alkanes of at least 4 members (excludes halogenated alkanes) is 2. The second-order valence-corrected chi connectivity index (χ2v) is 34.1. The predicted molar refractivity (Wildman–Crippen MR) is 474 cm³/mol. The van der Waals surface area contributed by atoms with Crippen LogP contribution in [-0.2, 0) is 115 Å². The number of ketones is 3. The second-order valence-electron chi connectivity index (χ2n) is 34.1. The Morgan fingerprint density at radius 1 is 0.724 bits per heavy atom. The van der Waals surface area contributed by atoms with Crippen LogP contribution in [0.25, 0.3) is 33.3 Å². The van der Waals surface area contributed by atoms with E-state index in [2.05, 4.69) is 30.6 Å². The second kappa shape index (κ2) is 54.5. The number of methoxy groups -OCH3 is 3. The smallest absolute Gasteiger partial charge is 0.329 e. The third-order valence-electron chi connectivity index (χ3n) is 24.3. The molecule has 34 heteroatoms. The summed E-state index contributed by atoms with van der Waals surface area (Å²) in [6, 6.07) is 5.84. The number of esters is 1. The number of hydrogen-bond donors (Lipinski definition) is 6. The Morgan fingerprint density at radius 3 is 2.09 bits per heavy atom. The summed E-state index contributed by atoms with van der Waals surface area (Å²) in [7, 11) is 4.65. The molecule has 127 heavy (non-hydrogen) atoms. The van der Waals surface area contributed by atoms with Gasteiger partial charge in [0.05, 0.1) is 153 Å². The maximum absolute atomic E-state index is 14.8. The molecule has 7 N–H and O–H groups in total. The average molecular weight is 1780 g/mol. The van der Waals surface area contributed by atoms with Crippen LogP contribution in [0.3, 0.4) is 0 Å². The minimum atomic E-state index is -2.46. The van der Waals surface area contributed by atoms with Gasteiger partial charge in [-0.15, -0.1) is 5.10 Å². The number of aromatic hydroxyl groups is 1. The summed E-state index contributed by atoms with van der Waals surface area (Å²) in [5.41, 5.74) is 11.2. The van der Waals surface area contributed by atoms with Crippen LogP contribution >= 0.6 is 0 Å². The molecule has 706 valence electrons. The standard InChI is InChI=1S/C93H141N11O23/c1-62-20-12-11-13-21-63(2)79(114-8)58-73-27-24-68(7)93(113,127-73)88(110)91(111)103-32-17-14-23-76(103)92(112)126-80(59-77(106)64(3)53-67(6)86(109)87(116-10)85(108)66(5)52-62)65(4)54-69-25-29-78(81(55-69)115-9)125-35-19-15-22-71-60-102(101-99-71)34-37-118-39-41-120-43-45-122-47-49-124-51-50-123-48-46-121-44-42-119-40-38-117-36-30-82(107)95-31-16-18-33-104-90-83(89(94)96-61-97-90)84(100-104)75-57-70-56-72(105)26-28-74(70)98-75/h11-13,20-21,26,28,53,56-57,60-62,64-66,68-69,73,76,78-81,86-87,98,105,109,113H,14-19,22-25,27,29-52,54-55,58-59H2,1-10H3,(H,95,107)(H2,94,96,97)/b13-11?,20-12+,63-21?,67-53+/t62-,64-,65-,66-,68-,69+,73+,76+,78-,79+,80+,81-,86-,87+,93-/m1/s1. The van der Waals surface area contributed by atoms with Crippen molar-refractivity contribution in [3.8, 4) is 17.1 Å². The van der Waals surface area contributed by atoms with Crippen LogP contribution in [0.5, 0.6) is 5.75 Å². The van der Waals surface area contributed by atoms with Crippen molar-refractivity contribution in [1.82, 2.24) is 49.9 Å². The van der Waals surface area contributed by atoms with Crippen molar-refractivity contribution < 1.29 is 110 Å². The molecular weight excluding hydrogens is 1640 g/mol. The number of hydrogen-bond acceptors (Lipinski definition) is 29. The number of aryl methyl sites for hydroxylation is 2. The molecule has 1 aromatic carbocycles. The molecule has 0 spiro atoms. The highest BCUT2D eigenvalue weighted by molar-refractivity contribution is 6.39. The Bertz CT molecular complexity index is 4320. The molecule has 34 nitrogen and oxygen atoms in total. The number of nitrogen functional groups attached to an aromatic ring is 1. The van der Waals surface area contributed by atoms with E-state index in [0.29, 0.717) is 205 Å². The third-order valence-corrected chi connectivity index (χ3v) is 24.3. The summed E-state index contributed by atoms with van der Waals surface area (Å²) in [5.74, 6) is -7.77. The molecule has 1 saturated carbocycles. The summed E-state index contributed by atoms with van der Waals surface area (Å²) in [4.78, 5) is 97.9. The van der Waals surface area contributed by atoms with Gasteiger partial charge in [-0.2, -0.15) is 5.10 Å². The Hall–Kier alpha value is -8.17. The quantitative estimate of drug-likeness (QED) is 0.00913. The number of phenols is 1. The summed E-state index contributed by atoms with van der Waals surface area (Å²) in [6.07, 6.45) is 19.3. The minimum absolute atomic E-state index is 0.00507. The lowest BCUT2D eigenvalue weighted by molar-refractivity contribution is -0.265. The van der Waals surface area contributed by atoms with Crippen LogP contribution < -0.4 is 11.1 Å². The molecule has 0 radical (unpaired) electrons. The first kappa shape index (κ1) is 103. The fourth-order valence-electron chi connectivity index (χ4n) is 16.8. The number of allylic oxidation sites excluding steroid dienone is 6. The summed E-state index contributed by atoms with van der Waals surface area (Å²) in [5, 5.41) is 51.7. The zero-order valence-electron chi connectivity index (χ0n) is 76.2. The molecule has 3 fully saturated rings. The van der Waals surface area contributed by atoms with Gasteiger partial charge >= 0.3 is 5.97 Å². The lowest BCUT2D eigenvalue weighted by Gasteiger charge is -2.42. The topological polar surface area (TPSA) is 424 Å².